The van der Waals surface area contributed by atoms with Crippen molar-refractivity contribution in [1.82, 2.24) is 10.2 Å². The number of nitrogens with two attached hydrogens (primary N) is 1. The van der Waals surface area contributed by atoms with Gasteiger partial charge in [0.15, 0.2) is 0 Å². The number of likely N-dealkylation sites (tertiary alicyclic amines) is 1. The van der Waals surface area contributed by atoms with Gasteiger partial charge in [-0.3, -0.25) is 9.59 Å². The predicted octanol–water partition coefficient (Wildman–Crippen LogP) is 1.20. The number of nitrogens with one attached hydrogen (secondary N) is 1. The average Bonchev–Trinajstić information content (AvgIpc) is 3.11. The van der Waals surface area contributed by atoms with Crippen molar-refractivity contribution in [2.45, 2.75) is 32.2 Å². The average molecular weight is 385 g/mol. The highest BCUT2D eigenvalue weighted by atomic mass is 16.3. The Balaban J connectivity index is 1.54. The third kappa shape index (κ3) is 3.40. The molecule has 1 aromatic heterocycles. The molecule has 1 aliphatic heterocycles. The van der Waals surface area contributed by atoms with Gasteiger partial charge in [0.25, 0.3) is 5.91 Å². The van der Waals surface area contributed by atoms with Crippen LogP contribution in [-0.2, 0) is 11.2 Å². The second kappa shape index (κ2) is 6.90. The fourth-order valence-electron chi connectivity index (χ4n) is 4.16. The third-order valence-corrected chi connectivity index (χ3v) is 6.18. The number of benzene rings is 1. The second-order valence-electron chi connectivity index (χ2n) is 8.44. The summed E-state index contributed by atoms with van der Waals surface area (Å²) >= 11 is 0. The van der Waals surface area contributed by atoms with Crippen molar-refractivity contribution in [1.29, 1.82) is 0 Å². The van der Waals surface area contributed by atoms with Crippen LogP contribution in [0, 0.1) is 18.8 Å². The number of fused-ring (bicyclic) bond motifs is 2. The van der Waals surface area contributed by atoms with Crippen LogP contribution in [0.3, 0.4) is 0 Å². The van der Waals surface area contributed by atoms with Gasteiger partial charge in [0, 0.05) is 25.0 Å². The van der Waals surface area contributed by atoms with E-state index in [4.69, 9.17) is 10.2 Å². The number of aryl methyl sites for hydroxylation is 1. The molecule has 0 spiro atoms. The number of furan rings is 1. The summed E-state index contributed by atoms with van der Waals surface area (Å²) in [7, 11) is 0. The molecule has 2 fully saturated rings. The van der Waals surface area contributed by atoms with E-state index in [-0.39, 0.29) is 0 Å². The van der Waals surface area contributed by atoms with Gasteiger partial charge < -0.3 is 25.5 Å². The Bertz CT molecular complexity index is 927. The maximum Gasteiger partial charge on any atom is 0.256 e. The zero-order chi connectivity index (χ0) is 20.1. The Kier molecular flexibility index (Phi) is 4.67. The zero-order valence-electron chi connectivity index (χ0n) is 16.3. The number of hydrogen-bond donors (Lipinski definition) is 3. The Hall–Kier alpha value is -2.38. The van der Waals surface area contributed by atoms with E-state index >= 15 is 0 Å². The van der Waals surface area contributed by atoms with Crippen molar-refractivity contribution in [3.05, 3.63) is 35.1 Å². The zero-order valence-corrected chi connectivity index (χ0v) is 16.3. The number of piperidine rings is 1. The molecule has 3 atom stereocenters. The molecule has 1 aromatic carbocycles. The standard InChI is InChI=1S/C21H27N3O4/c1-12-18(19(26)23-21(2,11-25)20(22)27)16-7-13(3-4-17(16)28-12)5-6-24-9-14-8-15(14)10-24/h3-4,7,14-15,25H,5-6,8-11H2,1-2H3,(H2,22,27)(H,23,26)/t14?,15?,21-/m0/s1. The lowest BCUT2D eigenvalue weighted by Gasteiger charge is -2.24. The van der Waals surface area contributed by atoms with Gasteiger partial charge in [-0.1, -0.05) is 6.07 Å². The van der Waals surface area contributed by atoms with Crippen molar-refractivity contribution in [2.75, 3.05) is 26.2 Å². The summed E-state index contributed by atoms with van der Waals surface area (Å²) in [4.78, 5) is 27.0. The van der Waals surface area contributed by atoms with Crippen LogP contribution in [0.4, 0.5) is 0 Å². The normalized spacial score (nSPS) is 23.4. The molecule has 7 heteroatoms. The van der Waals surface area contributed by atoms with Crippen LogP contribution >= 0.6 is 0 Å². The van der Waals surface area contributed by atoms with E-state index in [1.54, 1.807) is 6.92 Å². The van der Waals surface area contributed by atoms with Gasteiger partial charge in [0.05, 0.1) is 12.2 Å². The molecule has 4 N–H and O–H groups in total. The number of amides is 2. The van der Waals surface area contributed by atoms with Gasteiger partial charge in [-0.2, -0.15) is 0 Å². The van der Waals surface area contributed by atoms with E-state index in [0.29, 0.717) is 22.3 Å². The Morgan fingerprint density at radius 2 is 2.07 bits per heavy atom. The maximum atomic E-state index is 12.8. The third-order valence-electron chi connectivity index (χ3n) is 6.18. The van der Waals surface area contributed by atoms with Crippen molar-refractivity contribution in [3.8, 4) is 0 Å². The quantitative estimate of drug-likeness (QED) is 0.664. The lowest BCUT2D eigenvalue weighted by atomic mass is 10.0. The lowest BCUT2D eigenvalue weighted by molar-refractivity contribution is -0.124. The highest BCUT2D eigenvalue weighted by molar-refractivity contribution is 6.09. The summed E-state index contributed by atoms with van der Waals surface area (Å²) in [6.07, 6.45) is 2.31. The largest absolute Gasteiger partial charge is 0.461 e. The first-order chi connectivity index (χ1) is 13.3. The number of nitrogens with zero attached hydrogens (tertiary/aromatic N) is 1. The molecule has 2 amide bonds. The van der Waals surface area contributed by atoms with Crippen LogP contribution in [0.25, 0.3) is 11.0 Å². The molecular formula is C21H27N3O4. The van der Waals surface area contributed by atoms with Gasteiger partial charge >= 0.3 is 0 Å². The minimum absolute atomic E-state index is 0.375. The molecule has 1 saturated carbocycles. The summed E-state index contributed by atoms with van der Waals surface area (Å²) in [6.45, 7) is 5.96. The molecule has 4 rings (SSSR count). The van der Waals surface area contributed by atoms with Crippen LogP contribution in [0.2, 0.25) is 0 Å². The van der Waals surface area contributed by atoms with Crippen LogP contribution in [0.15, 0.2) is 22.6 Å². The van der Waals surface area contributed by atoms with Crippen molar-refractivity contribution in [3.63, 3.8) is 0 Å². The number of carbonyl (C=O) groups is 2. The fraction of sp³-hybridized carbons (Fsp3) is 0.524. The Morgan fingerprint density at radius 3 is 2.71 bits per heavy atom. The van der Waals surface area contributed by atoms with Gasteiger partial charge in [-0.05, 0) is 56.2 Å². The molecular weight excluding hydrogens is 358 g/mol. The van der Waals surface area contributed by atoms with Gasteiger partial charge in [-0.15, -0.1) is 0 Å². The molecule has 28 heavy (non-hydrogen) atoms. The SMILES string of the molecule is Cc1oc2ccc(CCN3CC4CC4C3)cc2c1C(=O)N[C@@](C)(CO)C(N)=O. The minimum atomic E-state index is -1.53. The molecule has 2 heterocycles. The highest BCUT2D eigenvalue weighted by Gasteiger charge is 2.44. The van der Waals surface area contributed by atoms with Crippen LogP contribution < -0.4 is 11.1 Å². The van der Waals surface area contributed by atoms with E-state index in [2.05, 4.69) is 10.2 Å². The van der Waals surface area contributed by atoms with Crippen molar-refractivity contribution < 1.29 is 19.1 Å². The number of aliphatic hydroxyl groups excluding tert-OH is 1. The second-order valence-corrected chi connectivity index (χ2v) is 8.44. The highest BCUT2D eigenvalue weighted by Crippen LogP contribution is 2.44. The number of primary amides is 1. The first-order valence-electron chi connectivity index (χ1n) is 9.78. The van der Waals surface area contributed by atoms with Crippen molar-refractivity contribution >= 4 is 22.8 Å². The monoisotopic (exact) mass is 385 g/mol. The summed E-state index contributed by atoms with van der Waals surface area (Å²) in [5.74, 6) is 1.02. The lowest BCUT2D eigenvalue weighted by Crippen LogP contribution is -2.57. The summed E-state index contributed by atoms with van der Waals surface area (Å²) < 4.78 is 5.73. The molecule has 2 aliphatic rings. The maximum absolute atomic E-state index is 12.8. The van der Waals surface area contributed by atoms with Gasteiger partial charge in [-0.25, -0.2) is 0 Å². The van der Waals surface area contributed by atoms with Crippen molar-refractivity contribution in [2.24, 2.45) is 17.6 Å². The number of rotatable bonds is 7. The van der Waals surface area contributed by atoms with E-state index < -0.39 is 24.0 Å². The molecule has 1 aliphatic carbocycles. The molecule has 0 radical (unpaired) electrons. The number of hydrogen-bond acceptors (Lipinski definition) is 5. The topological polar surface area (TPSA) is 109 Å². The minimum Gasteiger partial charge on any atom is -0.461 e. The summed E-state index contributed by atoms with van der Waals surface area (Å²) in [6, 6.07) is 5.90. The Morgan fingerprint density at radius 1 is 1.36 bits per heavy atom. The first-order valence-corrected chi connectivity index (χ1v) is 9.78. The van der Waals surface area contributed by atoms with Crippen LogP contribution in [-0.4, -0.2) is 53.6 Å². The Labute approximate surface area is 163 Å². The molecule has 2 unspecified atom stereocenters. The van der Waals surface area contributed by atoms with Crippen LogP contribution in [0.5, 0.6) is 0 Å². The predicted molar refractivity (Wildman–Crippen MR) is 105 cm³/mol. The van der Waals surface area contributed by atoms with Gasteiger partial charge in [0.1, 0.15) is 16.9 Å². The molecule has 0 bridgehead atoms. The number of aliphatic hydroxyl groups is 1. The van der Waals surface area contributed by atoms with E-state index in [9.17, 15) is 14.7 Å². The first kappa shape index (κ1) is 19.0. The fourth-order valence-corrected chi connectivity index (χ4v) is 4.16. The summed E-state index contributed by atoms with van der Waals surface area (Å²) in [5.41, 5.74) is 5.94. The number of carbonyl (C=O) groups excluding carboxylic acids is 2. The van der Waals surface area contributed by atoms with E-state index in [0.717, 1.165) is 30.4 Å². The molecule has 1 saturated heterocycles. The van der Waals surface area contributed by atoms with E-state index in [1.807, 2.05) is 18.2 Å². The van der Waals surface area contributed by atoms with E-state index in [1.165, 1.54) is 26.4 Å². The summed E-state index contributed by atoms with van der Waals surface area (Å²) in [5, 5.41) is 12.7. The molecule has 2 aromatic rings. The van der Waals surface area contributed by atoms with Crippen LogP contribution in [0.1, 0.15) is 35.0 Å². The molecule has 7 nitrogen and oxygen atoms in total. The van der Waals surface area contributed by atoms with Gasteiger partial charge in [0.2, 0.25) is 5.91 Å². The smallest absolute Gasteiger partial charge is 0.256 e. The molecule has 150 valence electrons.